The highest BCUT2D eigenvalue weighted by Crippen LogP contribution is 2.61. The van der Waals surface area contributed by atoms with Gasteiger partial charge in [0, 0.05) is 13.0 Å². The molecule has 0 spiro atoms. The van der Waals surface area contributed by atoms with Crippen LogP contribution in [0.1, 0.15) is 61.8 Å². The van der Waals surface area contributed by atoms with Crippen LogP contribution >= 0.6 is 0 Å². The van der Waals surface area contributed by atoms with E-state index in [0.29, 0.717) is 26.2 Å². The molecule has 2 N–H and O–H groups in total. The van der Waals surface area contributed by atoms with Gasteiger partial charge < -0.3 is 19.8 Å². The smallest absolute Gasteiger partial charge is 0.239 e. The van der Waals surface area contributed by atoms with Crippen molar-refractivity contribution in [3.8, 4) is 0 Å². The minimum Gasteiger partial charge on any atom is -0.467 e. The lowest BCUT2D eigenvalue weighted by Crippen LogP contribution is -2.48. The molecule has 176 valence electrons. The molecule has 0 radical (unpaired) electrons. The summed E-state index contributed by atoms with van der Waals surface area (Å²) in [4.78, 5) is 24.9. The third kappa shape index (κ3) is 5.67. The molecule has 2 aromatic rings. The summed E-state index contributed by atoms with van der Waals surface area (Å²) in [6, 6.07) is 11.7. The first kappa shape index (κ1) is 22.2. The van der Waals surface area contributed by atoms with Gasteiger partial charge in [-0.25, -0.2) is 0 Å². The fourth-order valence-corrected chi connectivity index (χ4v) is 6.85. The highest BCUT2D eigenvalue weighted by atomic mass is 16.5. The average Bonchev–Trinajstić information content (AvgIpc) is 3.29. The number of hydrogen-bond acceptors (Lipinski definition) is 4. The Hall–Kier alpha value is -2.60. The second-order valence-corrected chi connectivity index (χ2v) is 10.5. The Morgan fingerprint density at radius 1 is 0.909 bits per heavy atom. The van der Waals surface area contributed by atoms with Gasteiger partial charge in [-0.15, -0.1) is 0 Å². The topological polar surface area (TPSA) is 80.6 Å². The van der Waals surface area contributed by atoms with E-state index < -0.39 is 0 Å². The van der Waals surface area contributed by atoms with Crippen LogP contribution in [0, 0.1) is 23.2 Å². The molecular weight excluding hydrogens is 416 g/mol. The highest BCUT2D eigenvalue weighted by molar-refractivity contribution is 5.84. The quantitative estimate of drug-likeness (QED) is 0.564. The van der Waals surface area contributed by atoms with Crippen LogP contribution in [0.5, 0.6) is 0 Å². The molecule has 2 amide bonds. The van der Waals surface area contributed by atoms with E-state index in [1.54, 1.807) is 6.26 Å². The van der Waals surface area contributed by atoms with Gasteiger partial charge in [-0.05, 0) is 85.0 Å². The van der Waals surface area contributed by atoms with Crippen LogP contribution in [-0.2, 0) is 34.1 Å². The van der Waals surface area contributed by atoms with Gasteiger partial charge in [0.15, 0.2) is 0 Å². The van der Waals surface area contributed by atoms with Crippen LogP contribution in [0.25, 0.3) is 0 Å². The van der Waals surface area contributed by atoms with Crippen molar-refractivity contribution in [2.24, 2.45) is 23.2 Å². The number of hydrogen-bond donors (Lipinski definition) is 2. The van der Waals surface area contributed by atoms with Crippen molar-refractivity contribution in [2.75, 3.05) is 6.54 Å². The average molecular weight is 451 g/mol. The number of ether oxygens (including phenoxy) is 1. The molecule has 6 rings (SSSR count). The fraction of sp³-hybridized carbons (Fsp3) is 0.556. The van der Waals surface area contributed by atoms with Crippen molar-refractivity contribution in [3.05, 3.63) is 59.5 Å². The molecule has 4 aliphatic rings. The molecule has 33 heavy (non-hydrogen) atoms. The second-order valence-electron chi connectivity index (χ2n) is 10.5. The Bertz CT molecular complexity index is 933. The van der Waals surface area contributed by atoms with E-state index in [9.17, 15) is 9.59 Å². The zero-order chi connectivity index (χ0) is 22.7. The number of nitrogens with one attached hydrogen (secondary N) is 2. The number of rotatable bonds is 10. The molecule has 4 saturated carbocycles. The minimum absolute atomic E-state index is 0.0304. The molecule has 1 heterocycles. The zero-order valence-corrected chi connectivity index (χ0v) is 19.2. The zero-order valence-electron chi connectivity index (χ0n) is 19.2. The molecule has 4 bridgehead atoms. The number of benzene rings is 1. The Morgan fingerprint density at radius 3 is 2.33 bits per heavy atom. The molecule has 0 atom stereocenters. The third-order valence-electron chi connectivity index (χ3n) is 7.72. The molecule has 1 aromatic heterocycles. The lowest BCUT2D eigenvalue weighted by molar-refractivity contribution is -0.131. The first-order valence-corrected chi connectivity index (χ1v) is 12.3. The summed E-state index contributed by atoms with van der Waals surface area (Å²) in [5.41, 5.74) is 2.24. The maximum atomic E-state index is 12.6. The molecule has 1 aromatic carbocycles. The van der Waals surface area contributed by atoms with Gasteiger partial charge in [0.1, 0.15) is 12.4 Å². The lowest BCUT2D eigenvalue weighted by atomic mass is 9.49. The van der Waals surface area contributed by atoms with E-state index in [0.717, 1.165) is 34.6 Å². The van der Waals surface area contributed by atoms with E-state index in [2.05, 4.69) is 10.6 Å². The van der Waals surface area contributed by atoms with Gasteiger partial charge in [0.25, 0.3) is 0 Å². The van der Waals surface area contributed by atoms with Crippen LogP contribution in [0.2, 0.25) is 0 Å². The maximum absolute atomic E-state index is 12.6. The van der Waals surface area contributed by atoms with Gasteiger partial charge in [0.2, 0.25) is 11.8 Å². The van der Waals surface area contributed by atoms with E-state index in [-0.39, 0.29) is 23.8 Å². The summed E-state index contributed by atoms with van der Waals surface area (Å²) < 4.78 is 10.9. The first-order valence-electron chi connectivity index (χ1n) is 12.3. The van der Waals surface area contributed by atoms with Crippen molar-refractivity contribution in [1.82, 2.24) is 10.6 Å². The van der Waals surface area contributed by atoms with Crippen molar-refractivity contribution in [2.45, 2.75) is 64.7 Å². The van der Waals surface area contributed by atoms with Crippen LogP contribution < -0.4 is 10.6 Å². The maximum Gasteiger partial charge on any atom is 0.239 e. The summed E-state index contributed by atoms with van der Waals surface area (Å²) in [5.74, 6) is 3.16. The summed E-state index contributed by atoms with van der Waals surface area (Å²) in [7, 11) is 0. The molecule has 4 fully saturated rings. The largest absolute Gasteiger partial charge is 0.467 e. The summed E-state index contributed by atoms with van der Waals surface area (Å²) in [6.07, 6.45) is 9.97. The third-order valence-corrected chi connectivity index (χ3v) is 7.72. The molecule has 0 saturated heterocycles. The molecule has 0 aliphatic heterocycles. The second kappa shape index (κ2) is 9.72. The highest BCUT2D eigenvalue weighted by Gasteiger charge is 2.51. The number of furan rings is 1. The van der Waals surface area contributed by atoms with Gasteiger partial charge in [0.05, 0.1) is 19.4 Å². The summed E-state index contributed by atoms with van der Waals surface area (Å²) >= 11 is 0. The van der Waals surface area contributed by atoms with Crippen molar-refractivity contribution >= 4 is 11.8 Å². The van der Waals surface area contributed by atoms with E-state index in [1.165, 1.54) is 38.5 Å². The van der Waals surface area contributed by atoms with E-state index in [1.807, 2.05) is 36.4 Å². The molecule has 4 aliphatic carbocycles. The Morgan fingerprint density at radius 2 is 1.64 bits per heavy atom. The SMILES string of the molecule is O=C(CNC(=O)CC12CC3CC(CC(C3)C1)C2)NCc1cccc(COCc2ccco2)c1. The Kier molecular flexibility index (Phi) is 6.54. The summed E-state index contributed by atoms with van der Waals surface area (Å²) in [6.45, 7) is 1.37. The van der Waals surface area contributed by atoms with Gasteiger partial charge >= 0.3 is 0 Å². The van der Waals surface area contributed by atoms with Crippen molar-refractivity contribution in [1.29, 1.82) is 0 Å². The van der Waals surface area contributed by atoms with E-state index in [4.69, 9.17) is 9.15 Å². The predicted octanol–water partition coefficient (Wildman–Crippen LogP) is 4.34. The number of carbonyl (C=O) groups is 2. The van der Waals surface area contributed by atoms with Crippen LogP contribution in [0.3, 0.4) is 0 Å². The lowest BCUT2D eigenvalue weighted by Gasteiger charge is -2.56. The first-order chi connectivity index (χ1) is 16.1. The number of carbonyl (C=O) groups excluding carboxylic acids is 2. The van der Waals surface area contributed by atoms with Gasteiger partial charge in [-0.2, -0.15) is 0 Å². The Balaban J connectivity index is 1.02. The molecular formula is C27H34N2O4. The molecule has 6 nitrogen and oxygen atoms in total. The van der Waals surface area contributed by atoms with Gasteiger partial charge in [-0.3, -0.25) is 9.59 Å². The van der Waals surface area contributed by atoms with Gasteiger partial charge in [-0.1, -0.05) is 24.3 Å². The normalized spacial score (nSPS) is 27.5. The monoisotopic (exact) mass is 450 g/mol. The van der Waals surface area contributed by atoms with Crippen LogP contribution in [0.15, 0.2) is 47.1 Å². The summed E-state index contributed by atoms with van der Waals surface area (Å²) in [5, 5.41) is 5.78. The van der Waals surface area contributed by atoms with Crippen molar-refractivity contribution in [3.63, 3.8) is 0 Å². The predicted molar refractivity (Wildman–Crippen MR) is 124 cm³/mol. The van der Waals surface area contributed by atoms with E-state index >= 15 is 0 Å². The minimum atomic E-state index is -0.159. The van der Waals surface area contributed by atoms with Crippen molar-refractivity contribution < 1.29 is 18.7 Å². The number of amides is 2. The van der Waals surface area contributed by atoms with Crippen LogP contribution in [-0.4, -0.2) is 18.4 Å². The Labute approximate surface area is 195 Å². The molecule has 6 heteroatoms. The fourth-order valence-electron chi connectivity index (χ4n) is 6.85. The van der Waals surface area contributed by atoms with Crippen LogP contribution in [0.4, 0.5) is 0 Å². The molecule has 0 unspecified atom stereocenters. The standard InChI is InChI=1S/C27H34N2O4/c30-25(14-27-11-21-8-22(12-27)10-23(9-21)13-27)29-16-26(31)28-15-19-3-1-4-20(7-19)17-32-18-24-5-2-6-33-24/h1-7,21-23H,8-18H2,(H,28,31)(H,29,30).